The summed E-state index contributed by atoms with van der Waals surface area (Å²) in [5, 5.41) is 38.5. The summed E-state index contributed by atoms with van der Waals surface area (Å²) in [6.07, 6.45) is 3.46. The smallest absolute Gasteiger partial charge is 0.360 e. The number of carboxylic acid groups (broad SMARTS) is 2. The molecule has 2 aromatic carbocycles. The maximum Gasteiger partial charge on any atom is 0.360 e. The van der Waals surface area contributed by atoms with Crippen LogP contribution in [0.1, 0.15) is 31.8 Å². The standard InChI is InChI=1S/C22H15NO9/c23-32-22(31)15-9-12(3-6-18(15)26)19(10-1-4-16(24)13(7-10)20(27)28)11-2-5-17(25)14(8-11)21(29)30/h1-9,24,26H,23H2,(H,27,28)(H,29,30)/b19-11-. The normalized spacial score (nSPS) is 14.5. The quantitative estimate of drug-likeness (QED) is 0.341. The van der Waals surface area contributed by atoms with Gasteiger partial charge in [-0.3, -0.25) is 4.79 Å². The number of ketones is 1. The minimum atomic E-state index is -1.47. The van der Waals surface area contributed by atoms with Crippen molar-refractivity contribution in [2.45, 2.75) is 0 Å². The van der Waals surface area contributed by atoms with Crippen molar-refractivity contribution >= 4 is 29.3 Å². The maximum atomic E-state index is 11.9. The highest BCUT2D eigenvalue weighted by atomic mass is 16.7. The number of aromatic hydroxyl groups is 2. The van der Waals surface area contributed by atoms with Crippen molar-refractivity contribution in [3.63, 3.8) is 0 Å². The molecule has 0 saturated heterocycles. The van der Waals surface area contributed by atoms with E-state index < -0.39 is 46.3 Å². The van der Waals surface area contributed by atoms with Crippen LogP contribution in [-0.2, 0) is 14.4 Å². The molecule has 10 heteroatoms. The third kappa shape index (κ3) is 4.11. The van der Waals surface area contributed by atoms with Gasteiger partial charge in [0.1, 0.15) is 28.2 Å². The first-order chi connectivity index (χ1) is 15.1. The molecule has 0 aliphatic heterocycles. The summed E-state index contributed by atoms with van der Waals surface area (Å²) in [6.45, 7) is 0. The molecule has 0 atom stereocenters. The number of benzene rings is 2. The van der Waals surface area contributed by atoms with Crippen molar-refractivity contribution in [3.8, 4) is 11.5 Å². The zero-order valence-corrected chi connectivity index (χ0v) is 16.1. The predicted molar refractivity (Wildman–Crippen MR) is 109 cm³/mol. The van der Waals surface area contributed by atoms with Gasteiger partial charge in [0.15, 0.2) is 5.78 Å². The third-order valence-corrected chi connectivity index (χ3v) is 4.63. The SMILES string of the molecule is NOC(=O)c1cc(/C(=C2/C=CC(=O)C(C(=O)O)=C2)c2ccc(O)c(C(=O)O)c2)ccc1O. The minimum Gasteiger partial charge on any atom is -0.507 e. The van der Waals surface area contributed by atoms with Gasteiger partial charge in [-0.2, -0.15) is 5.90 Å². The number of hydrogen-bond donors (Lipinski definition) is 5. The van der Waals surface area contributed by atoms with Crippen molar-refractivity contribution in [2.24, 2.45) is 5.90 Å². The van der Waals surface area contributed by atoms with Gasteiger partial charge >= 0.3 is 17.9 Å². The lowest BCUT2D eigenvalue weighted by Crippen LogP contribution is -2.13. The average molecular weight is 437 g/mol. The molecule has 0 radical (unpaired) electrons. The summed E-state index contributed by atoms with van der Waals surface area (Å²) in [5.41, 5.74) is -0.411. The van der Waals surface area contributed by atoms with Crippen molar-refractivity contribution in [3.05, 3.63) is 88.0 Å². The van der Waals surface area contributed by atoms with Crippen LogP contribution in [0.2, 0.25) is 0 Å². The number of aliphatic carboxylic acids is 1. The number of carboxylic acids is 2. The molecule has 162 valence electrons. The van der Waals surface area contributed by atoms with Gasteiger partial charge in [0, 0.05) is 0 Å². The van der Waals surface area contributed by atoms with E-state index in [1.807, 2.05) is 0 Å². The maximum absolute atomic E-state index is 11.9. The van der Waals surface area contributed by atoms with E-state index in [4.69, 9.17) is 5.90 Å². The number of carbonyl (C=O) groups is 4. The van der Waals surface area contributed by atoms with Crippen LogP contribution < -0.4 is 5.90 Å². The Morgan fingerprint density at radius 1 is 0.812 bits per heavy atom. The van der Waals surface area contributed by atoms with Gasteiger partial charge in [-0.05, 0) is 58.7 Å². The Hall–Kier alpha value is -4.70. The molecule has 10 nitrogen and oxygen atoms in total. The molecule has 0 bridgehead atoms. The fourth-order valence-electron chi connectivity index (χ4n) is 3.13. The van der Waals surface area contributed by atoms with E-state index in [0.717, 1.165) is 24.3 Å². The van der Waals surface area contributed by atoms with Gasteiger partial charge in [-0.1, -0.05) is 18.2 Å². The second-order valence-electron chi connectivity index (χ2n) is 6.57. The number of phenols is 2. The Kier molecular flexibility index (Phi) is 5.90. The molecule has 0 fully saturated rings. The summed E-state index contributed by atoms with van der Waals surface area (Å²) < 4.78 is 0. The average Bonchev–Trinajstić information content (AvgIpc) is 2.76. The molecule has 3 rings (SSSR count). The summed E-state index contributed by atoms with van der Waals surface area (Å²) >= 11 is 0. The zero-order chi connectivity index (χ0) is 23.6. The highest BCUT2D eigenvalue weighted by Crippen LogP contribution is 2.35. The van der Waals surface area contributed by atoms with Crippen LogP contribution in [0.3, 0.4) is 0 Å². The first-order valence-corrected chi connectivity index (χ1v) is 8.86. The van der Waals surface area contributed by atoms with Crippen LogP contribution in [0.4, 0.5) is 0 Å². The molecular formula is C22H15NO9. The molecule has 1 aliphatic carbocycles. The summed E-state index contributed by atoms with van der Waals surface area (Å²) in [6, 6.07) is 7.41. The molecule has 0 spiro atoms. The van der Waals surface area contributed by atoms with Gasteiger partial charge in [0.25, 0.3) is 0 Å². The van der Waals surface area contributed by atoms with Crippen molar-refractivity contribution in [2.75, 3.05) is 0 Å². The highest BCUT2D eigenvalue weighted by Gasteiger charge is 2.23. The largest absolute Gasteiger partial charge is 0.507 e. The van der Waals surface area contributed by atoms with E-state index in [1.165, 1.54) is 30.3 Å². The van der Waals surface area contributed by atoms with Crippen molar-refractivity contribution in [1.29, 1.82) is 0 Å². The first kappa shape index (κ1) is 22.0. The van der Waals surface area contributed by atoms with Crippen LogP contribution in [0, 0.1) is 0 Å². The lowest BCUT2D eigenvalue weighted by Gasteiger charge is -2.16. The van der Waals surface area contributed by atoms with Crippen LogP contribution in [-0.4, -0.2) is 44.1 Å². The Morgan fingerprint density at radius 2 is 1.38 bits per heavy atom. The van der Waals surface area contributed by atoms with Crippen LogP contribution in [0.25, 0.3) is 5.57 Å². The number of hydrogen-bond acceptors (Lipinski definition) is 8. The molecule has 6 N–H and O–H groups in total. The first-order valence-electron chi connectivity index (χ1n) is 8.86. The van der Waals surface area contributed by atoms with Crippen LogP contribution >= 0.6 is 0 Å². The summed E-state index contributed by atoms with van der Waals surface area (Å²) in [7, 11) is 0. The van der Waals surface area contributed by atoms with Crippen molar-refractivity contribution < 1.29 is 44.4 Å². The van der Waals surface area contributed by atoms with E-state index in [9.17, 15) is 39.6 Å². The number of aromatic carboxylic acids is 1. The Balaban J connectivity index is 2.37. The number of allylic oxidation sites excluding steroid dienone is 4. The number of phenolic OH excluding ortho intramolecular Hbond substituents is 1. The van der Waals surface area contributed by atoms with Crippen molar-refractivity contribution in [1.82, 2.24) is 0 Å². The van der Waals surface area contributed by atoms with Gasteiger partial charge in [-0.25, -0.2) is 14.4 Å². The lowest BCUT2D eigenvalue weighted by molar-refractivity contribution is -0.134. The Labute approximate surface area is 179 Å². The lowest BCUT2D eigenvalue weighted by atomic mass is 9.87. The fourth-order valence-corrected chi connectivity index (χ4v) is 3.13. The van der Waals surface area contributed by atoms with Crippen LogP contribution in [0.5, 0.6) is 11.5 Å². The Morgan fingerprint density at radius 3 is 1.91 bits per heavy atom. The number of carbonyl (C=O) groups excluding carboxylic acids is 2. The second kappa shape index (κ2) is 8.58. The second-order valence-corrected chi connectivity index (χ2v) is 6.57. The molecule has 1 aliphatic rings. The fraction of sp³-hybridized carbons (Fsp3) is 0. The van der Waals surface area contributed by atoms with Gasteiger partial charge in [0.05, 0.1) is 0 Å². The monoisotopic (exact) mass is 437 g/mol. The molecule has 0 unspecified atom stereocenters. The van der Waals surface area contributed by atoms with E-state index in [-0.39, 0.29) is 27.8 Å². The third-order valence-electron chi connectivity index (χ3n) is 4.63. The molecule has 0 amide bonds. The van der Waals surface area contributed by atoms with E-state index in [0.29, 0.717) is 0 Å². The molecular weight excluding hydrogens is 422 g/mol. The molecule has 0 aromatic heterocycles. The summed E-state index contributed by atoms with van der Waals surface area (Å²) in [5.74, 6) is -0.717. The Bertz CT molecular complexity index is 1270. The van der Waals surface area contributed by atoms with E-state index in [2.05, 4.69) is 4.84 Å². The number of rotatable bonds is 5. The van der Waals surface area contributed by atoms with Crippen LogP contribution in [0.15, 0.2) is 65.8 Å². The highest BCUT2D eigenvalue weighted by molar-refractivity contribution is 6.23. The van der Waals surface area contributed by atoms with E-state index >= 15 is 0 Å². The van der Waals surface area contributed by atoms with Gasteiger partial charge in [0.2, 0.25) is 0 Å². The predicted octanol–water partition coefficient (Wildman–Crippen LogP) is 1.78. The zero-order valence-electron chi connectivity index (χ0n) is 16.1. The van der Waals surface area contributed by atoms with Gasteiger partial charge in [-0.15, -0.1) is 0 Å². The molecule has 32 heavy (non-hydrogen) atoms. The van der Waals surface area contributed by atoms with Gasteiger partial charge < -0.3 is 25.3 Å². The molecule has 0 saturated carbocycles. The minimum absolute atomic E-state index is 0.196. The molecule has 0 heterocycles. The number of nitrogens with two attached hydrogens (primary N) is 1. The summed E-state index contributed by atoms with van der Waals surface area (Å²) in [4.78, 5) is 50.9. The van der Waals surface area contributed by atoms with E-state index in [1.54, 1.807) is 0 Å². The topological polar surface area (TPSA) is 184 Å². The molecule has 2 aromatic rings.